The third-order valence-corrected chi connectivity index (χ3v) is 4.58. The molecular weight excluding hydrogens is 382 g/mol. The first-order valence-corrected chi connectivity index (χ1v) is 8.92. The fourth-order valence-electron chi connectivity index (χ4n) is 3.16. The number of amides is 1. The molecule has 0 saturated carbocycles. The van der Waals surface area contributed by atoms with Gasteiger partial charge in [-0.2, -0.15) is 0 Å². The number of nitro benzene ring substituents is 1. The first kappa shape index (κ1) is 19.9. The van der Waals surface area contributed by atoms with Crippen LogP contribution in [-0.2, 0) is 0 Å². The second-order valence-electron chi connectivity index (χ2n) is 6.73. The summed E-state index contributed by atoms with van der Waals surface area (Å²) in [6.07, 6.45) is 3.15. The van der Waals surface area contributed by atoms with Gasteiger partial charge in [0.2, 0.25) is 11.6 Å². The Morgan fingerprint density at radius 2 is 1.90 bits per heavy atom. The molecule has 1 fully saturated rings. The number of rotatable bonds is 6. The highest BCUT2D eigenvalue weighted by molar-refractivity contribution is 5.95. The van der Waals surface area contributed by atoms with Gasteiger partial charge in [-0.15, -0.1) is 0 Å². The van der Waals surface area contributed by atoms with Crippen molar-refractivity contribution in [3.05, 3.63) is 56.4 Å². The van der Waals surface area contributed by atoms with E-state index in [9.17, 15) is 25.0 Å². The van der Waals surface area contributed by atoms with Crippen molar-refractivity contribution in [3.63, 3.8) is 0 Å². The molecule has 2 heterocycles. The van der Waals surface area contributed by atoms with Crippen molar-refractivity contribution >= 4 is 28.9 Å². The van der Waals surface area contributed by atoms with Gasteiger partial charge in [0.25, 0.3) is 11.6 Å². The zero-order chi connectivity index (χ0) is 21.0. The van der Waals surface area contributed by atoms with E-state index in [1.54, 1.807) is 0 Å². The number of aromatic nitrogens is 2. The van der Waals surface area contributed by atoms with Crippen LogP contribution in [0.15, 0.2) is 30.6 Å². The summed E-state index contributed by atoms with van der Waals surface area (Å²) >= 11 is 0. The third kappa shape index (κ3) is 4.54. The Bertz CT molecular complexity index is 934. The van der Waals surface area contributed by atoms with Crippen molar-refractivity contribution in [2.24, 2.45) is 5.92 Å². The van der Waals surface area contributed by atoms with Crippen LogP contribution in [0.25, 0.3) is 0 Å². The fraction of sp³-hybridized carbons (Fsp3) is 0.353. The molecule has 1 saturated heterocycles. The molecule has 3 rings (SSSR count). The van der Waals surface area contributed by atoms with Crippen LogP contribution in [0.1, 0.15) is 30.1 Å². The maximum Gasteiger partial charge on any atom is 0.355 e. The van der Waals surface area contributed by atoms with Gasteiger partial charge in [-0.3, -0.25) is 35.9 Å². The van der Waals surface area contributed by atoms with E-state index in [1.165, 1.54) is 30.6 Å². The average Bonchev–Trinajstić information content (AvgIpc) is 2.71. The molecule has 1 unspecified atom stereocenters. The van der Waals surface area contributed by atoms with Crippen LogP contribution in [0.5, 0.6) is 0 Å². The molecule has 0 aliphatic carbocycles. The molecule has 152 valence electrons. The second-order valence-corrected chi connectivity index (χ2v) is 6.73. The number of hydrazine groups is 1. The highest BCUT2D eigenvalue weighted by Crippen LogP contribution is 2.33. The van der Waals surface area contributed by atoms with E-state index in [2.05, 4.69) is 27.7 Å². The van der Waals surface area contributed by atoms with E-state index in [0.717, 1.165) is 12.8 Å². The van der Waals surface area contributed by atoms with Gasteiger partial charge in [0.05, 0.1) is 9.85 Å². The topological polar surface area (TPSA) is 156 Å². The zero-order valence-corrected chi connectivity index (χ0v) is 15.6. The van der Waals surface area contributed by atoms with E-state index in [4.69, 9.17) is 0 Å². The summed E-state index contributed by atoms with van der Waals surface area (Å²) in [5.74, 6) is -0.186. The summed E-state index contributed by atoms with van der Waals surface area (Å²) in [5.41, 5.74) is 4.46. The maximum absolute atomic E-state index is 12.2. The molecule has 0 radical (unpaired) electrons. The maximum atomic E-state index is 12.2. The van der Waals surface area contributed by atoms with E-state index < -0.39 is 15.8 Å². The number of carbonyl (C=O) groups is 1. The molecular formula is C17H19N7O5. The lowest BCUT2D eigenvalue weighted by Crippen LogP contribution is -2.36. The Morgan fingerprint density at radius 3 is 2.52 bits per heavy atom. The van der Waals surface area contributed by atoms with Crippen molar-refractivity contribution in [3.8, 4) is 0 Å². The Labute approximate surface area is 165 Å². The lowest BCUT2D eigenvalue weighted by atomic mass is 10.0. The summed E-state index contributed by atoms with van der Waals surface area (Å²) < 4.78 is 0. The fourth-order valence-corrected chi connectivity index (χ4v) is 3.16. The SMILES string of the molecule is CC1CCCN(c2ncnc(NNC(=O)c3ccc([N+](=O)[O-])cc3)c2[N+](=O)[O-])C1. The number of nitro groups is 2. The Morgan fingerprint density at radius 1 is 1.17 bits per heavy atom. The number of hydrogen-bond donors (Lipinski definition) is 2. The van der Waals surface area contributed by atoms with Crippen molar-refractivity contribution in [1.82, 2.24) is 15.4 Å². The van der Waals surface area contributed by atoms with E-state index >= 15 is 0 Å². The number of hydrogen-bond acceptors (Lipinski definition) is 9. The molecule has 0 spiro atoms. The van der Waals surface area contributed by atoms with E-state index in [1.807, 2.05) is 4.90 Å². The monoisotopic (exact) mass is 401 g/mol. The number of anilines is 2. The number of non-ortho nitro benzene ring substituents is 1. The highest BCUT2D eigenvalue weighted by Gasteiger charge is 2.29. The van der Waals surface area contributed by atoms with E-state index in [-0.39, 0.29) is 28.6 Å². The third-order valence-electron chi connectivity index (χ3n) is 4.58. The molecule has 2 aromatic rings. The average molecular weight is 401 g/mol. The van der Waals surface area contributed by atoms with Crippen molar-refractivity contribution in [2.75, 3.05) is 23.4 Å². The standard InChI is InChI=1S/C17H19N7O5/c1-11-3-2-8-22(9-11)16-14(24(28)29)15(18-10-19-16)20-21-17(25)12-4-6-13(7-5-12)23(26)27/h4-7,10-11H,2-3,8-9H2,1H3,(H,21,25)(H,18,19,20). The Balaban J connectivity index is 1.78. The van der Waals surface area contributed by atoms with Crippen LogP contribution in [0.4, 0.5) is 23.0 Å². The molecule has 12 nitrogen and oxygen atoms in total. The summed E-state index contributed by atoms with van der Waals surface area (Å²) in [6.45, 7) is 3.37. The number of nitrogens with one attached hydrogen (secondary N) is 2. The number of benzene rings is 1. The zero-order valence-electron chi connectivity index (χ0n) is 15.6. The predicted molar refractivity (Wildman–Crippen MR) is 103 cm³/mol. The number of carbonyl (C=O) groups excluding carboxylic acids is 1. The van der Waals surface area contributed by atoms with Gasteiger partial charge in [-0.1, -0.05) is 6.92 Å². The first-order chi connectivity index (χ1) is 13.9. The largest absolute Gasteiger partial charge is 0.355 e. The second kappa shape index (κ2) is 8.46. The van der Waals surface area contributed by atoms with Crippen LogP contribution in [0.2, 0.25) is 0 Å². The van der Waals surface area contributed by atoms with Crippen LogP contribution >= 0.6 is 0 Å². The van der Waals surface area contributed by atoms with Gasteiger partial charge >= 0.3 is 5.69 Å². The number of nitrogens with zero attached hydrogens (tertiary/aromatic N) is 5. The van der Waals surface area contributed by atoms with Crippen molar-refractivity contribution < 1.29 is 14.6 Å². The normalized spacial score (nSPS) is 16.2. The van der Waals surface area contributed by atoms with Gasteiger partial charge in [-0.05, 0) is 30.9 Å². The number of piperidine rings is 1. The molecule has 29 heavy (non-hydrogen) atoms. The Kier molecular flexibility index (Phi) is 5.81. The molecule has 1 atom stereocenters. The van der Waals surface area contributed by atoms with Crippen LogP contribution in [0, 0.1) is 26.1 Å². The predicted octanol–water partition coefficient (Wildman–Crippen LogP) is 2.29. The van der Waals surface area contributed by atoms with Crippen LogP contribution < -0.4 is 15.8 Å². The molecule has 12 heteroatoms. The molecule has 0 bridgehead atoms. The van der Waals surface area contributed by atoms with Gasteiger partial charge in [-0.25, -0.2) is 9.97 Å². The first-order valence-electron chi connectivity index (χ1n) is 8.92. The Hall–Kier alpha value is -3.83. The molecule has 1 aliphatic rings. The van der Waals surface area contributed by atoms with Crippen molar-refractivity contribution in [1.29, 1.82) is 0 Å². The quantitative estimate of drug-likeness (QED) is 0.547. The summed E-state index contributed by atoms with van der Waals surface area (Å²) in [6, 6.07) is 4.95. The smallest absolute Gasteiger partial charge is 0.350 e. The minimum absolute atomic E-state index is 0.143. The minimum atomic E-state index is -0.624. The van der Waals surface area contributed by atoms with Gasteiger partial charge in [0.15, 0.2) is 0 Å². The molecule has 1 aromatic heterocycles. The van der Waals surface area contributed by atoms with Gasteiger partial charge in [0, 0.05) is 30.8 Å². The summed E-state index contributed by atoms with van der Waals surface area (Å²) in [4.78, 5) is 43.2. The summed E-state index contributed by atoms with van der Waals surface area (Å²) in [7, 11) is 0. The van der Waals surface area contributed by atoms with Crippen LogP contribution in [-0.4, -0.2) is 38.8 Å². The van der Waals surface area contributed by atoms with Gasteiger partial charge in [0.1, 0.15) is 6.33 Å². The lowest BCUT2D eigenvalue weighted by molar-refractivity contribution is -0.384. The van der Waals surface area contributed by atoms with Crippen molar-refractivity contribution in [2.45, 2.75) is 19.8 Å². The highest BCUT2D eigenvalue weighted by atomic mass is 16.6. The minimum Gasteiger partial charge on any atom is -0.350 e. The van der Waals surface area contributed by atoms with Gasteiger partial charge < -0.3 is 4.90 Å². The van der Waals surface area contributed by atoms with E-state index in [0.29, 0.717) is 19.0 Å². The molecule has 2 N–H and O–H groups in total. The lowest BCUT2D eigenvalue weighted by Gasteiger charge is -2.31. The summed E-state index contributed by atoms with van der Waals surface area (Å²) in [5, 5.41) is 22.4. The molecule has 1 aliphatic heterocycles. The molecule has 1 aromatic carbocycles. The van der Waals surface area contributed by atoms with Crippen LogP contribution in [0.3, 0.4) is 0 Å². The molecule has 1 amide bonds.